The zero-order valence-electron chi connectivity index (χ0n) is 10.9. The first kappa shape index (κ1) is 14.1. The third-order valence-electron chi connectivity index (χ3n) is 3.27. The van der Waals surface area contributed by atoms with Crippen LogP contribution in [0.5, 0.6) is 0 Å². The van der Waals surface area contributed by atoms with Crippen LogP contribution in [0.15, 0.2) is 10.9 Å². The molecule has 0 fully saturated rings. The Morgan fingerprint density at radius 1 is 1.47 bits per heavy atom. The van der Waals surface area contributed by atoms with E-state index in [9.17, 15) is 18.0 Å². The molecule has 19 heavy (non-hydrogen) atoms. The number of nitrogens with one attached hydrogen (secondary N) is 2. The van der Waals surface area contributed by atoms with E-state index in [2.05, 4.69) is 10.3 Å². The van der Waals surface area contributed by atoms with Crippen molar-refractivity contribution < 1.29 is 13.2 Å². The van der Waals surface area contributed by atoms with Crippen LogP contribution in [-0.2, 0) is 12.6 Å². The SMILES string of the molecule is CC(C)CNC1CCc2[nH]c(=O)cc(C(F)(F)F)c21. The van der Waals surface area contributed by atoms with Gasteiger partial charge in [0.1, 0.15) is 0 Å². The number of pyridine rings is 1. The monoisotopic (exact) mass is 274 g/mol. The van der Waals surface area contributed by atoms with Crippen LogP contribution in [0.4, 0.5) is 13.2 Å². The van der Waals surface area contributed by atoms with Gasteiger partial charge in [-0.3, -0.25) is 4.79 Å². The van der Waals surface area contributed by atoms with Gasteiger partial charge >= 0.3 is 6.18 Å². The highest BCUT2D eigenvalue weighted by atomic mass is 19.4. The largest absolute Gasteiger partial charge is 0.416 e. The molecule has 2 N–H and O–H groups in total. The fourth-order valence-corrected chi connectivity index (χ4v) is 2.47. The number of aryl methyl sites for hydroxylation is 1. The van der Waals surface area contributed by atoms with E-state index in [0.29, 0.717) is 37.1 Å². The summed E-state index contributed by atoms with van der Waals surface area (Å²) in [6.07, 6.45) is -3.42. The molecule has 1 aromatic heterocycles. The van der Waals surface area contributed by atoms with Crippen molar-refractivity contribution in [3.8, 4) is 0 Å². The van der Waals surface area contributed by atoms with E-state index in [-0.39, 0.29) is 11.6 Å². The Labute approximate surface area is 109 Å². The number of halogens is 3. The van der Waals surface area contributed by atoms with Gasteiger partial charge in [-0.1, -0.05) is 13.8 Å². The molecule has 1 heterocycles. The fourth-order valence-electron chi connectivity index (χ4n) is 2.47. The number of rotatable bonds is 3. The molecule has 2 rings (SSSR count). The molecule has 1 aliphatic carbocycles. The molecule has 0 radical (unpaired) electrons. The Bertz CT molecular complexity index is 520. The second kappa shape index (κ2) is 5.00. The van der Waals surface area contributed by atoms with Gasteiger partial charge < -0.3 is 10.3 Å². The van der Waals surface area contributed by atoms with Gasteiger partial charge in [0.05, 0.1) is 5.56 Å². The molecule has 0 saturated heterocycles. The molecule has 0 aromatic carbocycles. The molecular formula is C13H17F3N2O. The Morgan fingerprint density at radius 3 is 2.74 bits per heavy atom. The maximum absolute atomic E-state index is 13.0. The average Bonchev–Trinajstić information content (AvgIpc) is 2.66. The van der Waals surface area contributed by atoms with E-state index >= 15 is 0 Å². The van der Waals surface area contributed by atoms with Gasteiger partial charge in [0, 0.05) is 23.4 Å². The van der Waals surface area contributed by atoms with E-state index < -0.39 is 17.3 Å². The number of fused-ring (bicyclic) bond motifs is 1. The Kier molecular flexibility index (Phi) is 3.71. The first-order valence-electron chi connectivity index (χ1n) is 6.35. The summed E-state index contributed by atoms with van der Waals surface area (Å²) in [4.78, 5) is 13.8. The van der Waals surface area contributed by atoms with E-state index in [1.165, 1.54) is 0 Å². The van der Waals surface area contributed by atoms with E-state index in [1.54, 1.807) is 0 Å². The Balaban J connectivity index is 2.40. The molecule has 1 aromatic rings. The molecule has 6 heteroatoms. The summed E-state index contributed by atoms with van der Waals surface area (Å²) < 4.78 is 39.0. The summed E-state index contributed by atoms with van der Waals surface area (Å²) in [5.41, 5.74) is -0.852. The van der Waals surface area contributed by atoms with Crippen molar-refractivity contribution in [3.63, 3.8) is 0 Å². The van der Waals surface area contributed by atoms with Crippen molar-refractivity contribution in [2.24, 2.45) is 5.92 Å². The lowest BCUT2D eigenvalue weighted by molar-refractivity contribution is -0.138. The molecule has 106 valence electrons. The van der Waals surface area contributed by atoms with Crippen LogP contribution in [0.25, 0.3) is 0 Å². The average molecular weight is 274 g/mol. The van der Waals surface area contributed by atoms with Gasteiger partial charge in [-0.15, -0.1) is 0 Å². The summed E-state index contributed by atoms with van der Waals surface area (Å²) in [6.45, 7) is 4.65. The Morgan fingerprint density at radius 2 is 2.16 bits per heavy atom. The van der Waals surface area contributed by atoms with Crippen LogP contribution in [-0.4, -0.2) is 11.5 Å². The van der Waals surface area contributed by atoms with Gasteiger partial charge in [0.15, 0.2) is 0 Å². The zero-order chi connectivity index (χ0) is 14.2. The lowest BCUT2D eigenvalue weighted by Gasteiger charge is -2.19. The van der Waals surface area contributed by atoms with Crippen LogP contribution in [0.2, 0.25) is 0 Å². The zero-order valence-corrected chi connectivity index (χ0v) is 10.9. The van der Waals surface area contributed by atoms with Crippen molar-refractivity contribution in [1.29, 1.82) is 0 Å². The lowest BCUT2D eigenvalue weighted by atomic mass is 10.0. The maximum Gasteiger partial charge on any atom is 0.416 e. The highest BCUT2D eigenvalue weighted by Gasteiger charge is 2.39. The van der Waals surface area contributed by atoms with Crippen molar-refractivity contribution in [3.05, 3.63) is 33.2 Å². The number of hydrogen-bond donors (Lipinski definition) is 2. The molecule has 1 atom stereocenters. The van der Waals surface area contributed by atoms with Gasteiger partial charge in [-0.2, -0.15) is 13.2 Å². The molecule has 0 saturated carbocycles. The second-order valence-corrected chi connectivity index (χ2v) is 5.33. The Hall–Kier alpha value is -1.30. The van der Waals surface area contributed by atoms with Crippen LogP contribution >= 0.6 is 0 Å². The number of aromatic nitrogens is 1. The van der Waals surface area contributed by atoms with Gasteiger partial charge in [-0.25, -0.2) is 0 Å². The summed E-state index contributed by atoms with van der Waals surface area (Å²) in [5, 5.41) is 3.15. The molecule has 0 bridgehead atoms. The first-order valence-corrected chi connectivity index (χ1v) is 6.35. The first-order chi connectivity index (χ1) is 8.79. The minimum absolute atomic E-state index is 0.216. The van der Waals surface area contributed by atoms with Crippen LogP contribution < -0.4 is 10.9 Å². The summed E-state index contributed by atoms with van der Waals surface area (Å²) in [6, 6.07) is 0.333. The van der Waals surface area contributed by atoms with Crippen molar-refractivity contribution in [2.75, 3.05) is 6.54 Å². The molecular weight excluding hydrogens is 257 g/mol. The van der Waals surface area contributed by atoms with Crippen LogP contribution in [0.1, 0.15) is 43.1 Å². The molecule has 0 amide bonds. The fraction of sp³-hybridized carbons (Fsp3) is 0.615. The third-order valence-corrected chi connectivity index (χ3v) is 3.27. The van der Waals surface area contributed by atoms with Gasteiger partial charge in [0.25, 0.3) is 0 Å². The van der Waals surface area contributed by atoms with Gasteiger partial charge in [-0.05, 0) is 25.3 Å². The standard InChI is InChI=1S/C13H17F3N2O/c1-7(2)6-17-9-3-4-10-12(9)8(13(14,15)16)5-11(19)18-10/h5,7,9,17H,3-4,6H2,1-2H3,(H,18,19). The molecule has 1 aliphatic rings. The highest BCUT2D eigenvalue weighted by molar-refractivity contribution is 5.38. The van der Waals surface area contributed by atoms with Crippen molar-refractivity contribution >= 4 is 0 Å². The molecule has 0 aliphatic heterocycles. The number of alkyl halides is 3. The number of aromatic amines is 1. The van der Waals surface area contributed by atoms with E-state index in [0.717, 1.165) is 0 Å². The minimum Gasteiger partial charge on any atom is -0.326 e. The van der Waals surface area contributed by atoms with Crippen LogP contribution in [0.3, 0.4) is 0 Å². The highest BCUT2D eigenvalue weighted by Crippen LogP contribution is 2.39. The summed E-state index contributed by atoms with van der Waals surface area (Å²) in [5.74, 6) is 0.362. The predicted molar refractivity (Wildman–Crippen MR) is 66.0 cm³/mol. The molecule has 0 spiro atoms. The topological polar surface area (TPSA) is 44.9 Å². The van der Waals surface area contributed by atoms with Crippen molar-refractivity contribution in [2.45, 2.75) is 38.9 Å². The predicted octanol–water partition coefficient (Wildman–Crippen LogP) is 2.63. The lowest BCUT2D eigenvalue weighted by Crippen LogP contribution is -2.27. The van der Waals surface area contributed by atoms with Crippen LogP contribution in [0, 0.1) is 5.92 Å². The number of hydrogen-bond acceptors (Lipinski definition) is 2. The third kappa shape index (κ3) is 3.00. The molecule has 3 nitrogen and oxygen atoms in total. The van der Waals surface area contributed by atoms with E-state index in [4.69, 9.17) is 0 Å². The summed E-state index contributed by atoms with van der Waals surface area (Å²) in [7, 11) is 0. The van der Waals surface area contributed by atoms with Gasteiger partial charge in [0.2, 0.25) is 5.56 Å². The van der Waals surface area contributed by atoms with E-state index in [1.807, 2.05) is 13.8 Å². The molecule has 1 unspecified atom stereocenters. The number of H-pyrrole nitrogens is 1. The minimum atomic E-state index is -4.49. The quantitative estimate of drug-likeness (QED) is 0.890. The summed E-state index contributed by atoms with van der Waals surface area (Å²) >= 11 is 0. The maximum atomic E-state index is 13.0. The van der Waals surface area contributed by atoms with Crippen molar-refractivity contribution in [1.82, 2.24) is 10.3 Å². The second-order valence-electron chi connectivity index (χ2n) is 5.33. The normalized spacial score (nSPS) is 18.9. The smallest absolute Gasteiger partial charge is 0.326 e.